The third kappa shape index (κ3) is 5.75. The van der Waals surface area contributed by atoms with Crippen LogP contribution in [0.25, 0.3) is 0 Å². The average Bonchev–Trinajstić information content (AvgIpc) is 2.89. The monoisotopic (exact) mass is 478 g/mol. The Hall–Kier alpha value is -3.56. The Balaban J connectivity index is 2.12. The van der Waals surface area contributed by atoms with Crippen molar-refractivity contribution in [2.24, 2.45) is 0 Å². The Kier molecular flexibility index (Phi) is 7.72. The fraction of sp³-hybridized carbons (Fsp3) is 0.226. The molecule has 0 spiro atoms. The predicted molar refractivity (Wildman–Crippen MR) is 143 cm³/mol. The van der Waals surface area contributed by atoms with Crippen LogP contribution in [0.2, 0.25) is 6.55 Å². The van der Waals surface area contributed by atoms with Gasteiger partial charge in [0.15, 0.2) is 0 Å². The predicted octanol–water partition coefficient (Wildman–Crippen LogP) is 6.25. The van der Waals surface area contributed by atoms with E-state index < -0.39 is 25.6 Å². The highest BCUT2D eigenvalue weighted by atomic mass is 28.4. The Morgan fingerprint density at radius 1 is 0.514 bits per heavy atom. The molecule has 0 fully saturated rings. The molecule has 0 amide bonds. The molecule has 176 valence electrons. The van der Waals surface area contributed by atoms with Gasteiger partial charge in [0.1, 0.15) is 16.8 Å². The van der Waals surface area contributed by atoms with E-state index in [0.29, 0.717) is 0 Å². The molecule has 3 atom stereocenters. The molecule has 3 unspecified atom stereocenters. The van der Waals surface area contributed by atoms with Crippen molar-refractivity contribution in [2.75, 3.05) is 0 Å². The Morgan fingerprint density at radius 2 is 0.743 bits per heavy atom. The molecule has 4 heteroatoms. The van der Waals surface area contributed by atoms with Crippen molar-refractivity contribution in [3.8, 4) is 37.0 Å². The second-order valence-electron chi connectivity index (χ2n) is 8.80. The Morgan fingerprint density at radius 3 is 0.943 bits per heavy atom. The van der Waals surface area contributed by atoms with Crippen LogP contribution >= 0.6 is 0 Å². The number of terminal acetylenes is 3. The first-order chi connectivity index (χ1) is 16.6. The van der Waals surface area contributed by atoms with E-state index in [-0.39, 0.29) is 0 Å². The van der Waals surface area contributed by atoms with Gasteiger partial charge < -0.3 is 13.3 Å². The molecule has 3 nitrogen and oxygen atoms in total. The summed E-state index contributed by atoms with van der Waals surface area (Å²) in [5.41, 5.74) is -1.09. The lowest BCUT2D eigenvalue weighted by Gasteiger charge is -2.42. The fourth-order valence-electron chi connectivity index (χ4n) is 3.96. The second kappa shape index (κ2) is 10.4. The van der Waals surface area contributed by atoms with Gasteiger partial charge >= 0.3 is 8.80 Å². The maximum atomic E-state index is 6.67. The molecule has 0 N–H and O–H groups in total. The van der Waals surface area contributed by atoms with Crippen molar-refractivity contribution in [3.63, 3.8) is 0 Å². The van der Waals surface area contributed by atoms with E-state index in [2.05, 4.69) is 17.8 Å². The number of hydrogen-bond donors (Lipinski definition) is 0. The van der Waals surface area contributed by atoms with Crippen LogP contribution in [0.4, 0.5) is 0 Å². The molecule has 0 saturated carbocycles. The van der Waals surface area contributed by atoms with Gasteiger partial charge in [-0.2, -0.15) is 0 Å². The molecule has 3 aromatic rings. The zero-order chi connectivity index (χ0) is 25.6. The summed E-state index contributed by atoms with van der Waals surface area (Å²) in [7, 11) is -3.69. The molecule has 0 aromatic heterocycles. The summed E-state index contributed by atoms with van der Waals surface area (Å²) in [6.07, 6.45) is 18.0. The van der Waals surface area contributed by atoms with Crippen molar-refractivity contribution >= 4 is 8.80 Å². The van der Waals surface area contributed by atoms with Crippen LogP contribution in [-0.4, -0.2) is 8.80 Å². The standard InChI is InChI=1S/C31H30O3Si/c1-8-29(4,26-20-14-11-15-21-26)32-35(7,33-30(5,9-2)27-22-16-12-17-23-27)34-31(6,10-3)28-24-18-13-19-25-28/h1-3,11-25H,4-7H3. The largest absolute Gasteiger partial charge is 0.501 e. The molecule has 0 radical (unpaired) electrons. The van der Waals surface area contributed by atoms with E-state index in [0.717, 1.165) is 16.7 Å². The van der Waals surface area contributed by atoms with Gasteiger partial charge in [-0.3, -0.25) is 0 Å². The summed E-state index contributed by atoms with van der Waals surface area (Å²) in [4.78, 5) is 0. The summed E-state index contributed by atoms with van der Waals surface area (Å²) in [6, 6.07) is 28.6. The number of benzene rings is 3. The topological polar surface area (TPSA) is 27.7 Å². The van der Waals surface area contributed by atoms with Crippen molar-refractivity contribution < 1.29 is 13.3 Å². The summed E-state index contributed by atoms with van der Waals surface area (Å²) >= 11 is 0. The molecule has 0 aliphatic heterocycles. The molecular weight excluding hydrogens is 448 g/mol. The van der Waals surface area contributed by atoms with Crippen molar-refractivity contribution in [1.29, 1.82) is 0 Å². The molecule has 0 aliphatic carbocycles. The number of hydrogen-bond acceptors (Lipinski definition) is 3. The molecule has 0 saturated heterocycles. The molecule has 3 rings (SSSR count). The smallest absolute Gasteiger partial charge is 0.352 e. The average molecular weight is 479 g/mol. The fourth-order valence-corrected chi connectivity index (χ4v) is 6.84. The van der Waals surface area contributed by atoms with Gasteiger partial charge in [-0.15, -0.1) is 19.3 Å². The summed E-state index contributed by atoms with van der Waals surface area (Å²) in [5, 5.41) is 0. The maximum absolute atomic E-state index is 6.67. The summed E-state index contributed by atoms with van der Waals surface area (Å²) in [6.45, 7) is 7.21. The third-order valence-corrected chi connectivity index (χ3v) is 8.31. The van der Waals surface area contributed by atoms with Crippen molar-refractivity contribution in [1.82, 2.24) is 0 Å². The lowest BCUT2D eigenvalue weighted by Crippen LogP contribution is -2.55. The SMILES string of the molecule is C#CC(C)(O[Si](C)(OC(C)(C#C)c1ccccc1)OC(C)(C#C)c1ccccc1)c1ccccc1. The van der Waals surface area contributed by atoms with E-state index in [1.807, 2.05) is 112 Å². The highest BCUT2D eigenvalue weighted by molar-refractivity contribution is 6.59. The van der Waals surface area contributed by atoms with Crippen LogP contribution in [0.3, 0.4) is 0 Å². The molecule has 35 heavy (non-hydrogen) atoms. The zero-order valence-corrected chi connectivity index (χ0v) is 21.6. The molecular formula is C31H30O3Si. The van der Waals surface area contributed by atoms with Gasteiger partial charge in [0.05, 0.1) is 0 Å². The molecule has 0 aliphatic rings. The summed E-state index contributed by atoms with van der Waals surface area (Å²) < 4.78 is 20.0. The quantitative estimate of drug-likeness (QED) is 0.269. The second-order valence-corrected chi connectivity index (χ2v) is 11.1. The van der Waals surface area contributed by atoms with Crippen molar-refractivity contribution in [3.05, 3.63) is 108 Å². The van der Waals surface area contributed by atoms with E-state index in [1.165, 1.54) is 0 Å². The van der Waals surface area contributed by atoms with Gasteiger partial charge in [-0.25, -0.2) is 0 Å². The van der Waals surface area contributed by atoms with E-state index in [9.17, 15) is 0 Å². The zero-order valence-electron chi connectivity index (χ0n) is 20.6. The van der Waals surface area contributed by atoms with Gasteiger partial charge in [0, 0.05) is 6.55 Å². The van der Waals surface area contributed by atoms with Crippen LogP contribution in [-0.2, 0) is 30.1 Å². The minimum Gasteiger partial charge on any atom is -0.352 e. The van der Waals surface area contributed by atoms with Crippen LogP contribution in [0, 0.1) is 37.0 Å². The van der Waals surface area contributed by atoms with E-state index >= 15 is 0 Å². The highest BCUT2D eigenvalue weighted by Gasteiger charge is 2.51. The van der Waals surface area contributed by atoms with Crippen LogP contribution in [0.15, 0.2) is 91.0 Å². The molecule has 0 bridgehead atoms. The van der Waals surface area contributed by atoms with E-state index in [1.54, 1.807) is 6.55 Å². The third-order valence-electron chi connectivity index (χ3n) is 5.97. The molecule has 0 heterocycles. The normalized spacial score (nSPS) is 17.7. The number of rotatable bonds is 9. The Bertz CT molecular complexity index is 1100. The van der Waals surface area contributed by atoms with E-state index in [4.69, 9.17) is 32.5 Å². The van der Waals surface area contributed by atoms with Crippen molar-refractivity contribution in [2.45, 2.75) is 44.1 Å². The van der Waals surface area contributed by atoms with Gasteiger partial charge in [-0.1, -0.05) is 109 Å². The van der Waals surface area contributed by atoms with Gasteiger partial charge in [-0.05, 0) is 37.5 Å². The molecule has 3 aromatic carbocycles. The first-order valence-electron chi connectivity index (χ1n) is 11.3. The minimum atomic E-state index is -3.69. The van der Waals surface area contributed by atoms with Gasteiger partial charge in [0.25, 0.3) is 0 Å². The first-order valence-corrected chi connectivity index (χ1v) is 13.5. The van der Waals surface area contributed by atoms with Crippen LogP contribution < -0.4 is 0 Å². The Labute approximate surface area is 210 Å². The highest BCUT2D eigenvalue weighted by Crippen LogP contribution is 2.39. The lowest BCUT2D eigenvalue weighted by molar-refractivity contribution is -0.0607. The van der Waals surface area contributed by atoms with Crippen LogP contribution in [0.5, 0.6) is 0 Å². The maximum Gasteiger partial charge on any atom is 0.501 e. The first kappa shape index (κ1) is 26.0. The van der Waals surface area contributed by atoms with Crippen LogP contribution in [0.1, 0.15) is 37.5 Å². The summed E-state index contributed by atoms with van der Waals surface area (Å²) in [5.74, 6) is 8.36. The van der Waals surface area contributed by atoms with Gasteiger partial charge in [0.2, 0.25) is 0 Å². The lowest BCUT2D eigenvalue weighted by atomic mass is 9.97. The minimum absolute atomic E-state index is 0.790.